The van der Waals surface area contributed by atoms with E-state index in [1.165, 1.54) is 6.92 Å². The average molecular weight is 234 g/mol. The molecule has 0 unspecified atom stereocenters. The third kappa shape index (κ3) is 23.4. The summed E-state index contributed by atoms with van der Waals surface area (Å²) in [5, 5.41) is 17.2. The first-order valence-corrected chi connectivity index (χ1v) is 5.74. The Kier molecular flexibility index (Phi) is 12.4. The molecule has 0 saturated carbocycles. The Morgan fingerprint density at radius 1 is 1.31 bits per heavy atom. The quantitative estimate of drug-likeness (QED) is 0.656. The molecule has 0 bridgehead atoms. The van der Waals surface area contributed by atoms with Gasteiger partial charge < -0.3 is 14.9 Å². The number of aliphatic hydroxyl groups is 2. The standard InChI is InChI=1S/C6H12O2.C6H14O2/c1-5(7)4-6(2,3)8;1-2-3-5-8-6-4-7/h8H,4H2,1-3H3;7H,2-6H2,1H3. The summed E-state index contributed by atoms with van der Waals surface area (Å²) in [7, 11) is 0. The van der Waals surface area contributed by atoms with Crippen molar-refractivity contribution in [2.24, 2.45) is 0 Å². The van der Waals surface area contributed by atoms with E-state index >= 15 is 0 Å². The molecule has 4 heteroatoms. The zero-order chi connectivity index (χ0) is 13.0. The van der Waals surface area contributed by atoms with Crippen molar-refractivity contribution in [2.45, 2.75) is 52.6 Å². The summed E-state index contributed by atoms with van der Waals surface area (Å²) in [5.41, 5.74) is -0.828. The van der Waals surface area contributed by atoms with Crippen LogP contribution in [0, 0.1) is 0 Å². The Balaban J connectivity index is 0. The second kappa shape index (κ2) is 11.0. The van der Waals surface area contributed by atoms with E-state index in [4.69, 9.17) is 14.9 Å². The highest BCUT2D eigenvalue weighted by molar-refractivity contribution is 5.76. The smallest absolute Gasteiger partial charge is 0.132 e. The first-order chi connectivity index (χ1) is 7.33. The minimum Gasteiger partial charge on any atom is -0.394 e. The lowest BCUT2D eigenvalue weighted by Crippen LogP contribution is -2.21. The van der Waals surface area contributed by atoms with Crippen molar-refractivity contribution in [2.75, 3.05) is 19.8 Å². The molecule has 16 heavy (non-hydrogen) atoms. The molecule has 0 aromatic carbocycles. The van der Waals surface area contributed by atoms with E-state index in [1.807, 2.05) is 0 Å². The van der Waals surface area contributed by atoms with Crippen LogP contribution in [-0.4, -0.2) is 41.4 Å². The van der Waals surface area contributed by atoms with Gasteiger partial charge in [0.25, 0.3) is 0 Å². The minimum atomic E-state index is -0.828. The number of ketones is 1. The minimum absolute atomic E-state index is 0.0255. The van der Waals surface area contributed by atoms with Crippen molar-refractivity contribution in [1.29, 1.82) is 0 Å². The summed E-state index contributed by atoms with van der Waals surface area (Å²) >= 11 is 0. The van der Waals surface area contributed by atoms with Crippen LogP contribution in [0.2, 0.25) is 0 Å². The van der Waals surface area contributed by atoms with E-state index in [2.05, 4.69) is 6.92 Å². The van der Waals surface area contributed by atoms with Crippen molar-refractivity contribution in [3.05, 3.63) is 0 Å². The SMILES string of the molecule is CC(=O)CC(C)(C)O.CCCCOCCO. The maximum Gasteiger partial charge on any atom is 0.132 e. The van der Waals surface area contributed by atoms with Crippen molar-refractivity contribution in [3.8, 4) is 0 Å². The van der Waals surface area contributed by atoms with Crippen LogP contribution in [0.5, 0.6) is 0 Å². The molecular formula is C12H26O4. The fraction of sp³-hybridized carbons (Fsp3) is 0.917. The van der Waals surface area contributed by atoms with E-state index in [1.54, 1.807) is 13.8 Å². The molecule has 0 aliphatic carbocycles. The Hall–Kier alpha value is -0.450. The molecule has 0 aliphatic rings. The van der Waals surface area contributed by atoms with E-state index in [-0.39, 0.29) is 18.8 Å². The van der Waals surface area contributed by atoms with Crippen molar-refractivity contribution >= 4 is 5.78 Å². The highest BCUT2D eigenvalue weighted by atomic mass is 16.5. The van der Waals surface area contributed by atoms with Crippen molar-refractivity contribution in [1.82, 2.24) is 0 Å². The zero-order valence-corrected chi connectivity index (χ0v) is 11.0. The molecule has 0 atom stereocenters. The number of rotatable bonds is 7. The van der Waals surface area contributed by atoms with Crippen LogP contribution in [0.1, 0.15) is 47.0 Å². The largest absolute Gasteiger partial charge is 0.394 e. The maximum atomic E-state index is 10.3. The molecule has 0 aromatic rings. The maximum absolute atomic E-state index is 10.3. The van der Waals surface area contributed by atoms with Crippen LogP contribution in [0.25, 0.3) is 0 Å². The molecule has 98 valence electrons. The topological polar surface area (TPSA) is 66.8 Å². The summed E-state index contributed by atoms with van der Waals surface area (Å²) in [4.78, 5) is 10.3. The van der Waals surface area contributed by atoms with E-state index in [9.17, 15) is 4.79 Å². The Labute approximate surface area is 98.6 Å². The van der Waals surface area contributed by atoms with Crippen molar-refractivity contribution in [3.63, 3.8) is 0 Å². The monoisotopic (exact) mass is 234 g/mol. The van der Waals surface area contributed by atoms with Crippen LogP contribution in [-0.2, 0) is 9.53 Å². The van der Waals surface area contributed by atoms with Crippen LogP contribution >= 0.6 is 0 Å². The molecule has 0 amide bonds. The number of carbonyl (C=O) groups is 1. The number of unbranched alkanes of at least 4 members (excludes halogenated alkanes) is 1. The van der Waals surface area contributed by atoms with Gasteiger partial charge in [0.15, 0.2) is 0 Å². The molecule has 0 saturated heterocycles. The van der Waals surface area contributed by atoms with Gasteiger partial charge in [-0.25, -0.2) is 0 Å². The number of aliphatic hydroxyl groups excluding tert-OH is 1. The Bertz CT molecular complexity index is 155. The van der Waals surface area contributed by atoms with Gasteiger partial charge in [-0.15, -0.1) is 0 Å². The molecule has 0 spiro atoms. The molecule has 0 rings (SSSR count). The van der Waals surface area contributed by atoms with E-state index in [0.29, 0.717) is 6.61 Å². The van der Waals surface area contributed by atoms with Gasteiger partial charge in [-0.05, 0) is 27.2 Å². The lowest BCUT2D eigenvalue weighted by atomic mass is 10.0. The Morgan fingerprint density at radius 3 is 2.12 bits per heavy atom. The average Bonchev–Trinajstić information content (AvgIpc) is 2.09. The first-order valence-electron chi connectivity index (χ1n) is 5.74. The number of hydrogen-bond donors (Lipinski definition) is 2. The van der Waals surface area contributed by atoms with Crippen LogP contribution in [0.4, 0.5) is 0 Å². The van der Waals surface area contributed by atoms with Gasteiger partial charge >= 0.3 is 0 Å². The molecule has 0 aromatic heterocycles. The number of Topliss-reactive ketones (excluding diaryl/α,β-unsaturated/α-hetero) is 1. The second-order valence-electron chi connectivity index (χ2n) is 4.38. The van der Waals surface area contributed by atoms with Gasteiger partial charge in [0.05, 0.1) is 18.8 Å². The fourth-order valence-electron chi connectivity index (χ4n) is 1.02. The predicted octanol–water partition coefficient (Wildman–Crippen LogP) is 1.53. The molecular weight excluding hydrogens is 208 g/mol. The van der Waals surface area contributed by atoms with E-state index < -0.39 is 5.60 Å². The van der Waals surface area contributed by atoms with Gasteiger partial charge in [0, 0.05) is 13.0 Å². The van der Waals surface area contributed by atoms with Crippen LogP contribution in [0.3, 0.4) is 0 Å². The summed E-state index contributed by atoms with van der Waals surface area (Å²) in [6.45, 7) is 8.24. The summed E-state index contributed by atoms with van der Waals surface area (Å²) in [6.07, 6.45) is 2.50. The van der Waals surface area contributed by atoms with Gasteiger partial charge in [-0.1, -0.05) is 13.3 Å². The predicted molar refractivity (Wildman–Crippen MR) is 64.4 cm³/mol. The first kappa shape index (κ1) is 17.9. The zero-order valence-electron chi connectivity index (χ0n) is 11.0. The third-order valence-electron chi connectivity index (χ3n) is 1.56. The third-order valence-corrected chi connectivity index (χ3v) is 1.56. The number of ether oxygens (including phenoxy) is 1. The van der Waals surface area contributed by atoms with Gasteiger partial charge in [-0.2, -0.15) is 0 Å². The van der Waals surface area contributed by atoms with Gasteiger partial charge in [-0.3, -0.25) is 4.79 Å². The molecule has 0 aliphatic heterocycles. The highest BCUT2D eigenvalue weighted by Gasteiger charge is 2.13. The molecule has 0 heterocycles. The lowest BCUT2D eigenvalue weighted by molar-refractivity contribution is -0.120. The van der Waals surface area contributed by atoms with Crippen molar-refractivity contribution < 1.29 is 19.7 Å². The molecule has 2 N–H and O–H groups in total. The highest BCUT2D eigenvalue weighted by Crippen LogP contribution is 2.06. The second-order valence-corrected chi connectivity index (χ2v) is 4.38. The summed E-state index contributed by atoms with van der Waals surface area (Å²) in [5.74, 6) is 0.0255. The molecule has 0 fully saturated rings. The molecule has 4 nitrogen and oxygen atoms in total. The van der Waals surface area contributed by atoms with Crippen LogP contribution in [0.15, 0.2) is 0 Å². The summed E-state index contributed by atoms with van der Waals surface area (Å²) in [6, 6.07) is 0. The lowest BCUT2D eigenvalue weighted by Gasteiger charge is -2.13. The number of hydrogen-bond acceptors (Lipinski definition) is 4. The van der Waals surface area contributed by atoms with Gasteiger partial charge in [0.1, 0.15) is 5.78 Å². The number of carbonyl (C=O) groups excluding carboxylic acids is 1. The van der Waals surface area contributed by atoms with Gasteiger partial charge in [0.2, 0.25) is 0 Å². The Morgan fingerprint density at radius 2 is 1.88 bits per heavy atom. The molecule has 0 radical (unpaired) electrons. The fourth-order valence-corrected chi connectivity index (χ4v) is 1.02. The van der Waals surface area contributed by atoms with E-state index in [0.717, 1.165) is 19.4 Å². The normalized spacial score (nSPS) is 10.6. The van der Waals surface area contributed by atoms with Crippen LogP contribution < -0.4 is 0 Å². The summed E-state index contributed by atoms with van der Waals surface area (Å²) < 4.78 is 4.97.